The van der Waals surface area contributed by atoms with Gasteiger partial charge < -0.3 is 24.4 Å². The minimum absolute atomic E-state index is 0.173. The van der Waals surface area contributed by atoms with Crippen LogP contribution in [0.25, 0.3) is 0 Å². The molecule has 0 aromatic rings. The summed E-state index contributed by atoms with van der Waals surface area (Å²) in [6.45, 7) is 10.3. The normalized spacial score (nSPS) is 44.9. The number of fused-ring (bicyclic) bond motifs is 3. The summed E-state index contributed by atoms with van der Waals surface area (Å²) in [4.78, 5) is 24.8. The second-order valence-corrected chi connectivity index (χ2v) is 11.0. The molecule has 1 heterocycles. The van der Waals surface area contributed by atoms with Crippen molar-refractivity contribution >= 4 is 11.8 Å². The Bertz CT molecular complexity index is 783. The predicted octanol–water partition coefficient (Wildman–Crippen LogP) is 2.24. The largest absolute Gasteiger partial charge is 0.461 e. The maximum Gasteiger partial charge on any atom is 0.302 e. The third kappa shape index (κ3) is 3.31. The molecule has 4 rings (SSSR count). The molecule has 174 valence electrons. The van der Waals surface area contributed by atoms with Crippen LogP contribution in [0.15, 0.2) is 12.2 Å². The van der Waals surface area contributed by atoms with E-state index in [2.05, 4.69) is 13.8 Å². The molecule has 2 saturated carbocycles. The van der Waals surface area contributed by atoms with Crippen LogP contribution in [0.2, 0.25) is 0 Å². The lowest BCUT2D eigenvalue weighted by Crippen LogP contribution is -2.54. The van der Waals surface area contributed by atoms with E-state index in [1.165, 1.54) is 13.0 Å². The zero-order valence-corrected chi connectivity index (χ0v) is 19.2. The average molecular weight is 437 g/mol. The van der Waals surface area contributed by atoms with Gasteiger partial charge in [-0.05, 0) is 37.2 Å². The minimum Gasteiger partial charge on any atom is -0.461 e. The molecular weight excluding hydrogens is 400 g/mol. The molecule has 31 heavy (non-hydrogen) atoms. The van der Waals surface area contributed by atoms with Crippen molar-refractivity contribution in [1.82, 2.24) is 0 Å². The second-order valence-electron chi connectivity index (χ2n) is 11.0. The lowest BCUT2D eigenvalue weighted by atomic mass is 9.58. The Labute approximate surface area is 184 Å². The lowest BCUT2D eigenvalue weighted by Gasteiger charge is -2.48. The fraction of sp³-hybridized carbons (Fsp3) is 0.833. The molecule has 7 atom stereocenters. The highest BCUT2D eigenvalue weighted by molar-refractivity contribution is 5.93. The third-order valence-corrected chi connectivity index (χ3v) is 8.64. The molecule has 3 fully saturated rings. The predicted molar refractivity (Wildman–Crippen MR) is 112 cm³/mol. The summed E-state index contributed by atoms with van der Waals surface area (Å²) in [6, 6.07) is 0. The van der Waals surface area contributed by atoms with Crippen molar-refractivity contribution in [3.05, 3.63) is 12.2 Å². The van der Waals surface area contributed by atoms with E-state index in [9.17, 15) is 19.8 Å². The number of hydrogen-bond acceptors (Lipinski definition) is 7. The summed E-state index contributed by atoms with van der Waals surface area (Å²) in [5.74, 6) is -3.03. The summed E-state index contributed by atoms with van der Waals surface area (Å²) in [5.41, 5.74) is -2.25. The molecule has 0 bridgehead atoms. The zero-order chi connectivity index (χ0) is 22.8. The second kappa shape index (κ2) is 7.37. The molecule has 2 N–H and O–H groups in total. The maximum absolute atomic E-state index is 12.8. The molecule has 0 radical (unpaired) electrons. The number of allylic oxidation sites excluding steroid dienone is 1. The highest BCUT2D eigenvalue weighted by atomic mass is 16.7. The summed E-state index contributed by atoms with van der Waals surface area (Å²) in [6.07, 6.45) is 4.65. The van der Waals surface area contributed by atoms with Gasteiger partial charge in [0, 0.05) is 30.6 Å². The minimum atomic E-state index is -1.26. The van der Waals surface area contributed by atoms with E-state index in [0.29, 0.717) is 32.5 Å². The van der Waals surface area contributed by atoms with Gasteiger partial charge in [-0.25, -0.2) is 0 Å². The number of hydrogen-bond donors (Lipinski definition) is 2. The molecule has 0 amide bonds. The first-order valence-corrected chi connectivity index (χ1v) is 11.4. The maximum atomic E-state index is 12.8. The van der Waals surface area contributed by atoms with Gasteiger partial charge in [0.15, 0.2) is 11.6 Å². The molecular formula is C24H36O7. The van der Waals surface area contributed by atoms with Gasteiger partial charge in [-0.2, -0.15) is 0 Å². The zero-order valence-electron chi connectivity index (χ0n) is 19.2. The smallest absolute Gasteiger partial charge is 0.302 e. The van der Waals surface area contributed by atoms with Crippen LogP contribution >= 0.6 is 0 Å². The molecule has 1 saturated heterocycles. The van der Waals surface area contributed by atoms with Gasteiger partial charge in [-0.1, -0.05) is 26.8 Å². The standard InChI is InChI=1S/C24H36O7/c1-14(26)31-20-16-12-21(2,3)18(7-9-23(5)29-10-11-30-23)24(16,28)19-15(13-25)17(27)6-8-22(19,20)4/h6,8,15-16,18-20,25,28H,7,9-13H2,1-5H3/t15-,16-,18+,19+,20+,22-,24-/m1/s1. The van der Waals surface area contributed by atoms with Gasteiger partial charge in [-0.15, -0.1) is 0 Å². The molecule has 0 spiro atoms. The van der Waals surface area contributed by atoms with Crippen LogP contribution in [0.5, 0.6) is 0 Å². The van der Waals surface area contributed by atoms with E-state index in [1.807, 2.05) is 13.8 Å². The van der Waals surface area contributed by atoms with E-state index in [4.69, 9.17) is 14.2 Å². The van der Waals surface area contributed by atoms with Gasteiger partial charge in [0.25, 0.3) is 0 Å². The molecule has 0 aromatic heterocycles. The van der Waals surface area contributed by atoms with Gasteiger partial charge >= 0.3 is 5.97 Å². The Hall–Kier alpha value is -1.28. The van der Waals surface area contributed by atoms with Crippen molar-refractivity contribution in [3.63, 3.8) is 0 Å². The Kier molecular flexibility index (Phi) is 5.44. The monoisotopic (exact) mass is 436 g/mol. The number of rotatable bonds is 5. The topological polar surface area (TPSA) is 102 Å². The number of ether oxygens (including phenoxy) is 3. The van der Waals surface area contributed by atoms with Gasteiger partial charge in [-0.3, -0.25) is 9.59 Å². The summed E-state index contributed by atoms with van der Waals surface area (Å²) in [7, 11) is 0. The Morgan fingerprint density at radius 1 is 1.23 bits per heavy atom. The summed E-state index contributed by atoms with van der Waals surface area (Å²) >= 11 is 0. The van der Waals surface area contributed by atoms with Gasteiger partial charge in [0.2, 0.25) is 0 Å². The van der Waals surface area contributed by atoms with Crippen LogP contribution in [-0.4, -0.2) is 59.3 Å². The van der Waals surface area contributed by atoms with Crippen molar-refractivity contribution in [2.24, 2.45) is 34.5 Å². The molecule has 0 aromatic carbocycles. The molecule has 7 nitrogen and oxygen atoms in total. The summed E-state index contributed by atoms with van der Waals surface area (Å²) < 4.78 is 17.4. The summed E-state index contributed by atoms with van der Waals surface area (Å²) in [5, 5.41) is 22.6. The Morgan fingerprint density at radius 2 is 1.87 bits per heavy atom. The highest BCUT2D eigenvalue weighted by Gasteiger charge is 2.76. The number of carbonyl (C=O) groups is 2. The van der Waals surface area contributed by atoms with Gasteiger partial charge in [0.05, 0.1) is 31.3 Å². The Balaban J connectivity index is 1.77. The molecule has 4 aliphatic rings. The van der Waals surface area contributed by atoms with Crippen LogP contribution in [0, 0.1) is 34.5 Å². The van der Waals surface area contributed by atoms with E-state index in [1.54, 1.807) is 6.08 Å². The Morgan fingerprint density at radius 3 is 2.45 bits per heavy atom. The van der Waals surface area contributed by atoms with Crippen LogP contribution < -0.4 is 0 Å². The van der Waals surface area contributed by atoms with Crippen molar-refractivity contribution in [2.75, 3.05) is 19.8 Å². The first kappa shape index (κ1) is 22.9. The fourth-order valence-electron chi connectivity index (χ4n) is 7.48. The lowest BCUT2D eigenvalue weighted by molar-refractivity contribution is -0.164. The van der Waals surface area contributed by atoms with Crippen LogP contribution in [-0.2, 0) is 23.8 Å². The number of aliphatic hydroxyl groups is 2. The fourth-order valence-corrected chi connectivity index (χ4v) is 7.48. The van der Waals surface area contributed by atoms with E-state index in [-0.39, 0.29) is 29.6 Å². The molecule has 1 aliphatic heterocycles. The molecule has 0 unspecified atom stereocenters. The number of carbonyl (C=O) groups excluding carboxylic acids is 2. The van der Waals surface area contributed by atoms with E-state index >= 15 is 0 Å². The first-order valence-electron chi connectivity index (χ1n) is 11.4. The van der Waals surface area contributed by atoms with Crippen LogP contribution in [0.4, 0.5) is 0 Å². The SMILES string of the molecule is CC(=O)O[C@H]1[C@H]2CC(C)(C)[C@H](CCC3(C)OCCO3)[C@@]2(O)[C@H]2[C@H](CO)C(=O)C=C[C@@]12C. The first-order chi connectivity index (χ1) is 14.4. The quantitative estimate of drug-likeness (QED) is 0.637. The number of ketones is 1. The van der Waals surface area contributed by atoms with Crippen molar-refractivity contribution < 1.29 is 34.0 Å². The highest BCUT2D eigenvalue weighted by Crippen LogP contribution is 2.70. The van der Waals surface area contributed by atoms with Gasteiger partial charge in [0.1, 0.15) is 6.10 Å². The molecule has 3 aliphatic carbocycles. The van der Waals surface area contributed by atoms with Crippen molar-refractivity contribution in [2.45, 2.75) is 71.4 Å². The molecule has 7 heteroatoms. The van der Waals surface area contributed by atoms with Crippen molar-refractivity contribution in [1.29, 1.82) is 0 Å². The average Bonchev–Trinajstić information content (AvgIpc) is 3.24. The van der Waals surface area contributed by atoms with E-state index < -0.39 is 40.7 Å². The van der Waals surface area contributed by atoms with Crippen LogP contribution in [0.1, 0.15) is 53.9 Å². The number of esters is 1. The van der Waals surface area contributed by atoms with Crippen molar-refractivity contribution in [3.8, 4) is 0 Å². The van der Waals surface area contributed by atoms with Crippen LogP contribution in [0.3, 0.4) is 0 Å². The number of aliphatic hydroxyl groups excluding tert-OH is 1. The van der Waals surface area contributed by atoms with E-state index in [0.717, 1.165) is 0 Å². The third-order valence-electron chi connectivity index (χ3n) is 8.64.